The number of fused-ring (bicyclic) bond motifs is 7. The van der Waals surface area contributed by atoms with Crippen molar-refractivity contribution in [2.24, 2.45) is 0 Å². The predicted molar refractivity (Wildman–Crippen MR) is 132 cm³/mol. The third-order valence-electron chi connectivity index (χ3n) is 6.36. The summed E-state index contributed by atoms with van der Waals surface area (Å²) in [4.78, 5) is 13.3. The molecule has 0 saturated heterocycles. The van der Waals surface area contributed by atoms with E-state index in [4.69, 9.17) is 4.42 Å². The van der Waals surface area contributed by atoms with Gasteiger partial charge in [0.1, 0.15) is 11.2 Å². The van der Waals surface area contributed by atoms with Gasteiger partial charge in [-0.1, -0.05) is 90.1 Å². The lowest BCUT2D eigenvalue weighted by molar-refractivity contribution is 0.591. The second-order valence-electron chi connectivity index (χ2n) is 10.7. The van der Waals surface area contributed by atoms with Crippen molar-refractivity contribution in [1.82, 2.24) is 0 Å². The highest BCUT2D eigenvalue weighted by Crippen LogP contribution is 2.37. The average Bonchev–Trinajstić information content (AvgIpc) is 3.04. The number of benzene rings is 3. The van der Waals surface area contributed by atoms with Crippen LogP contribution in [-0.2, 0) is 10.8 Å². The van der Waals surface area contributed by atoms with E-state index in [1.165, 1.54) is 11.1 Å². The number of hydrogen-bond acceptors (Lipinski definition) is 2. The highest BCUT2D eigenvalue weighted by Gasteiger charge is 2.19. The van der Waals surface area contributed by atoms with Crippen molar-refractivity contribution in [3.8, 4) is 0 Å². The summed E-state index contributed by atoms with van der Waals surface area (Å²) in [6, 6.07) is 20.7. The van der Waals surface area contributed by atoms with Gasteiger partial charge in [-0.3, -0.25) is 4.79 Å². The van der Waals surface area contributed by atoms with Crippen molar-refractivity contribution in [3.63, 3.8) is 0 Å². The Morgan fingerprint density at radius 2 is 1.16 bits per heavy atom. The van der Waals surface area contributed by atoms with Gasteiger partial charge in [0.25, 0.3) is 0 Å². The van der Waals surface area contributed by atoms with Crippen LogP contribution in [0, 0.1) is 0 Å². The number of furan rings is 1. The van der Waals surface area contributed by atoms with Crippen LogP contribution in [0.2, 0.25) is 0 Å². The van der Waals surface area contributed by atoms with Crippen molar-refractivity contribution in [2.45, 2.75) is 52.4 Å². The molecule has 0 fully saturated rings. The summed E-state index contributed by atoms with van der Waals surface area (Å²) in [5.74, 6) is 0. The molecule has 1 aromatic heterocycles. The minimum Gasteiger partial charge on any atom is -0.455 e. The second kappa shape index (κ2) is 6.43. The minimum atomic E-state index is -0.00495. The molecule has 2 nitrogen and oxygen atoms in total. The summed E-state index contributed by atoms with van der Waals surface area (Å²) in [6.07, 6.45) is 0. The summed E-state index contributed by atoms with van der Waals surface area (Å²) in [7, 11) is 0. The maximum Gasteiger partial charge on any atom is 0.190 e. The fourth-order valence-electron chi connectivity index (χ4n) is 4.44. The topological polar surface area (TPSA) is 30.2 Å². The van der Waals surface area contributed by atoms with Crippen LogP contribution in [0.4, 0.5) is 0 Å². The van der Waals surface area contributed by atoms with E-state index in [2.05, 4.69) is 84.0 Å². The molecule has 4 aromatic carbocycles. The van der Waals surface area contributed by atoms with Crippen LogP contribution in [0.3, 0.4) is 0 Å². The third kappa shape index (κ3) is 3.13. The van der Waals surface area contributed by atoms with E-state index in [9.17, 15) is 4.79 Å². The Bertz CT molecular complexity index is 1550. The lowest BCUT2D eigenvalue weighted by Crippen LogP contribution is -2.10. The van der Waals surface area contributed by atoms with Gasteiger partial charge in [0, 0.05) is 10.8 Å². The fraction of sp³-hybridized carbons (Fsp3) is 0.276. The SMILES string of the molecule is CC(C)(C)c1ccc2c(ccc(=O)c3c2oc2ccc4cc(C(C)(C)C)ccc4c23)c1. The number of rotatable bonds is 0. The Hall–Kier alpha value is -3.13. The number of hydrogen-bond donors (Lipinski definition) is 0. The highest BCUT2D eigenvalue weighted by molar-refractivity contribution is 6.22. The lowest BCUT2D eigenvalue weighted by Gasteiger charge is -2.19. The van der Waals surface area contributed by atoms with Gasteiger partial charge in [0.15, 0.2) is 5.43 Å². The Kier molecular flexibility index (Phi) is 4.11. The minimum absolute atomic E-state index is 0.00495. The van der Waals surface area contributed by atoms with E-state index in [1.807, 2.05) is 12.1 Å². The fourth-order valence-corrected chi connectivity index (χ4v) is 4.44. The first kappa shape index (κ1) is 19.8. The smallest absolute Gasteiger partial charge is 0.190 e. The van der Waals surface area contributed by atoms with Crippen molar-refractivity contribution >= 4 is 43.5 Å². The molecular formula is C29H28O2. The molecular weight excluding hydrogens is 380 g/mol. The van der Waals surface area contributed by atoms with Crippen molar-refractivity contribution < 1.29 is 4.42 Å². The van der Waals surface area contributed by atoms with Crippen LogP contribution >= 0.6 is 0 Å². The zero-order valence-corrected chi connectivity index (χ0v) is 19.1. The molecule has 0 amide bonds. The molecule has 0 spiro atoms. The lowest BCUT2D eigenvalue weighted by atomic mass is 9.85. The molecule has 5 aromatic rings. The average molecular weight is 409 g/mol. The molecule has 0 radical (unpaired) electrons. The summed E-state index contributed by atoms with van der Waals surface area (Å²) >= 11 is 0. The summed E-state index contributed by atoms with van der Waals surface area (Å²) in [6.45, 7) is 13.2. The molecule has 0 aliphatic carbocycles. The standard InChI is InChI=1S/C29H28O2/c1-28(2,3)19-9-11-21-17(15-19)8-14-24-25(21)26-23(30)13-7-18-16-20(29(4,5)6)10-12-22(18)27(26)31-24/h7-16H,1-6H3. The van der Waals surface area contributed by atoms with Gasteiger partial charge < -0.3 is 4.42 Å². The van der Waals surface area contributed by atoms with E-state index in [0.717, 1.165) is 32.5 Å². The largest absolute Gasteiger partial charge is 0.455 e. The Balaban J connectivity index is 1.93. The molecule has 5 rings (SSSR count). The predicted octanol–water partition coefficient (Wildman–Crippen LogP) is 7.85. The zero-order chi connectivity index (χ0) is 22.1. The van der Waals surface area contributed by atoms with Crippen LogP contribution in [0.15, 0.2) is 69.9 Å². The summed E-state index contributed by atoms with van der Waals surface area (Å²) < 4.78 is 6.34. The first-order valence-corrected chi connectivity index (χ1v) is 10.9. The molecule has 31 heavy (non-hydrogen) atoms. The first-order valence-electron chi connectivity index (χ1n) is 10.9. The zero-order valence-electron chi connectivity index (χ0n) is 19.1. The van der Waals surface area contributed by atoms with Crippen LogP contribution < -0.4 is 5.43 Å². The Morgan fingerprint density at radius 3 is 1.77 bits per heavy atom. The van der Waals surface area contributed by atoms with Crippen LogP contribution in [0.1, 0.15) is 52.7 Å². The highest BCUT2D eigenvalue weighted by atomic mass is 16.3. The van der Waals surface area contributed by atoms with Crippen molar-refractivity contribution in [3.05, 3.63) is 82.0 Å². The van der Waals surface area contributed by atoms with Gasteiger partial charge in [-0.2, -0.15) is 0 Å². The molecule has 0 atom stereocenters. The molecule has 0 aliphatic rings. The molecule has 2 heteroatoms. The molecule has 156 valence electrons. The summed E-state index contributed by atoms with van der Waals surface area (Å²) in [5, 5.41) is 5.77. The van der Waals surface area contributed by atoms with Gasteiger partial charge in [-0.05, 0) is 50.2 Å². The van der Waals surface area contributed by atoms with E-state index < -0.39 is 0 Å². The normalized spacial score (nSPS) is 13.0. The molecule has 0 aliphatic heterocycles. The molecule has 0 unspecified atom stereocenters. The van der Waals surface area contributed by atoms with E-state index in [1.54, 1.807) is 6.07 Å². The van der Waals surface area contributed by atoms with E-state index in [-0.39, 0.29) is 16.3 Å². The van der Waals surface area contributed by atoms with Crippen LogP contribution in [0.5, 0.6) is 0 Å². The van der Waals surface area contributed by atoms with Gasteiger partial charge in [0.2, 0.25) is 0 Å². The van der Waals surface area contributed by atoms with Crippen LogP contribution in [-0.4, -0.2) is 0 Å². The van der Waals surface area contributed by atoms with Crippen molar-refractivity contribution in [1.29, 1.82) is 0 Å². The molecule has 1 heterocycles. The van der Waals surface area contributed by atoms with E-state index in [0.29, 0.717) is 11.0 Å². The summed E-state index contributed by atoms with van der Waals surface area (Å²) in [5.41, 5.74) is 4.05. The van der Waals surface area contributed by atoms with Crippen LogP contribution in [0.25, 0.3) is 43.5 Å². The second-order valence-corrected chi connectivity index (χ2v) is 10.7. The quantitative estimate of drug-likeness (QED) is 0.261. The Morgan fingerprint density at radius 1 is 0.613 bits per heavy atom. The van der Waals surface area contributed by atoms with Gasteiger partial charge in [0.05, 0.1) is 5.39 Å². The first-order chi connectivity index (χ1) is 14.5. The van der Waals surface area contributed by atoms with Crippen molar-refractivity contribution in [2.75, 3.05) is 0 Å². The van der Waals surface area contributed by atoms with Gasteiger partial charge >= 0.3 is 0 Å². The maximum absolute atomic E-state index is 13.3. The molecule has 0 saturated carbocycles. The third-order valence-corrected chi connectivity index (χ3v) is 6.36. The maximum atomic E-state index is 13.3. The molecule has 0 N–H and O–H groups in total. The van der Waals surface area contributed by atoms with E-state index >= 15 is 0 Å². The van der Waals surface area contributed by atoms with Gasteiger partial charge in [-0.15, -0.1) is 0 Å². The Labute approximate surface area is 182 Å². The molecule has 0 bridgehead atoms. The monoisotopic (exact) mass is 408 g/mol. The van der Waals surface area contributed by atoms with Gasteiger partial charge in [-0.25, -0.2) is 0 Å².